The molecule has 1 N–H and O–H groups in total. The highest BCUT2D eigenvalue weighted by Gasteiger charge is 2.38. The summed E-state index contributed by atoms with van der Waals surface area (Å²) >= 11 is 0. The molecule has 31 heavy (non-hydrogen) atoms. The van der Waals surface area contributed by atoms with Gasteiger partial charge >= 0.3 is 0 Å². The van der Waals surface area contributed by atoms with Crippen LogP contribution in [0.1, 0.15) is 33.5 Å². The molecule has 1 heteroatoms. The molecule has 1 nitrogen and oxygen atoms in total. The topological polar surface area (TPSA) is 15.8 Å². The van der Waals surface area contributed by atoms with E-state index in [1.807, 2.05) is 0 Å². The van der Waals surface area contributed by atoms with E-state index in [-0.39, 0.29) is 5.41 Å². The Morgan fingerprint density at radius 1 is 0.645 bits per heavy atom. The Bertz CT molecular complexity index is 1270. The zero-order chi connectivity index (χ0) is 21.3. The van der Waals surface area contributed by atoms with Crippen LogP contribution >= 0.6 is 0 Å². The van der Waals surface area contributed by atoms with E-state index in [9.17, 15) is 0 Å². The highest BCUT2D eigenvalue weighted by Crippen LogP contribution is 2.43. The summed E-state index contributed by atoms with van der Waals surface area (Å²) in [5.74, 6) is 0. The molecule has 0 radical (unpaired) electrons. The zero-order valence-electron chi connectivity index (χ0n) is 18.1. The lowest BCUT2D eigenvalue weighted by molar-refractivity contribution is 0.596. The van der Waals surface area contributed by atoms with Gasteiger partial charge in [0.2, 0.25) is 0 Å². The number of aromatic amines is 1. The Balaban J connectivity index is 1.84. The van der Waals surface area contributed by atoms with Crippen molar-refractivity contribution in [3.05, 3.63) is 143 Å². The zero-order valence-corrected chi connectivity index (χ0v) is 18.1. The Hall–Kier alpha value is -3.58. The van der Waals surface area contributed by atoms with Crippen LogP contribution in [-0.4, -0.2) is 4.98 Å². The number of fused-ring (bicyclic) bond motifs is 1. The first-order valence-corrected chi connectivity index (χ1v) is 10.9. The van der Waals surface area contributed by atoms with E-state index in [0.717, 1.165) is 6.42 Å². The molecular weight excluding hydrogens is 374 g/mol. The average molecular weight is 402 g/mol. The third-order valence-corrected chi connectivity index (χ3v) is 6.49. The van der Waals surface area contributed by atoms with Crippen LogP contribution in [0.2, 0.25) is 0 Å². The van der Waals surface area contributed by atoms with Gasteiger partial charge in [0, 0.05) is 11.2 Å². The first kappa shape index (κ1) is 19.4. The molecule has 152 valence electrons. The second-order valence-corrected chi connectivity index (χ2v) is 8.51. The lowest BCUT2D eigenvalue weighted by atomic mass is 9.68. The highest BCUT2D eigenvalue weighted by atomic mass is 14.7. The van der Waals surface area contributed by atoms with Gasteiger partial charge in [0.25, 0.3) is 0 Å². The molecule has 5 aromatic rings. The van der Waals surface area contributed by atoms with Crippen LogP contribution < -0.4 is 0 Å². The average Bonchev–Trinajstić information content (AvgIpc) is 3.23. The molecule has 0 saturated heterocycles. The van der Waals surface area contributed by atoms with E-state index in [1.54, 1.807) is 0 Å². The molecule has 0 unspecified atom stereocenters. The van der Waals surface area contributed by atoms with Crippen molar-refractivity contribution in [3.63, 3.8) is 0 Å². The summed E-state index contributed by atoms with van der Waals surface area (Å²) in [6.45, 7) is 4.37. The SMILES string of the molecule is Cc1ccc2[nH]c(C(Cc3ccccc3C)(c3ccccc3)c3ccccc3)cc2c1. The number of benzene rings is 4. The highest BCUT2D eigenvalue weighted by molar-refractivity contribution is 5.82. The predicted octanol–water partition coefficient (Wildman–Crippen LogP) is 7.36. The van der Waals surface area contributed by atoms with Gasteiger partial charge in [-0.05, 0) is 66.1 Å². The molecule has 0 saturated carbocycles. The van der Waals surface area contributed by atoms with E-state index in [2.05, 4.69) is 128 Å². The third-order valence-electron chi connectivity index (χ3n) is 6.49. The number of nitrogens with one attached hydrogen (secondary N) is 1. The van der Waals surface area contributed by atoms with Crippen molar-refractivity contribution in [2.45, 2.75) is 25.7 Å². The first-order chi connectivity index (χ1) is 15.2. The summed E-state index contributed by atoms with van der Waals surface area (Å²) in [6.07, 6.45) is 0.888. The fourth-order valence-electron chi connectivity index (χ4n) is 4.80. The van der Waals surface area contributed by atoms with Crippen molar-refractivity contribution in [2.75, 3.05) is 0 Å². The first-order valence-electron chi connectivity index (χ1n) is 10.9. The second-order valence-electron chi connectivity index (χ2n) is 8.51. The third kappa shape index (κ3) is 3.47. The van der Waals surface area contributed by atoms with Gasteiger partial charge in [0.05, 0.1) is 5.41 Å². The van der Waals surface area contributed by atoms with Crippen LogP contribution in [-0.2, 0) is 11.8 Å². The van der Waals surface area contributed by atoms with Gasteiger partial charge in [-0.1, -0.05) is 96.6 Å². The molecule has 0 aliphatic rings. The molecule has 1 heterocycles. The molecule has 0 bridgehead atoms. The van der Waals surface area contributed by atoms with Crippen molar-refractivity contribution in [1.29, 1.82) is 0 Å². The maximum absolute atomic E-state index is 3.80. The predicted molar refractivity (Wildman–Crippen MR) is 131 cm³/mol. The number of rotatable bonds is 5. The summed E-state index contributed by atoms with van der Waals surface area (Å²) in [5.41, 5.74) is 8.66. The van der Waals surface area contributed by atoms with Gasteiger partial charge in [-0.15, -0.1) is 0 Å². The minimum absolute atomic E-state index is 0.318. The normalized spacial score (nSPS) is 11.7. The maximum atomic E-state index is 3.80. The van der Waals surface area contributed by atoms with E-state index in [0.29, 0.717) is 0 Å². The summed E-state index contributed by atoms with van der Waals surface area (Å²) in [4.78, 5) is 3.80. The van der Waals surface area contributed by atoms with Gasteiger partial charge in [-0.3, -0.25) is 0 Å². The number of H-pyrrole nitrogens is 1. The summed E-state index contributed by atoms with van der Waals surface area (Å²) in [7, 11) is 0. The summed E-state index contributed by atoms with van der Waals surface area (Å²) < 4.78 is 0. The number of aryl methyl sites for hydroxylation is 2. The molecule has 0 aliphatic carbocycles. The minimum Gasteiger partial charge on any atom is -0.357 e. The Morgan fingerprint density at radius 3 is 1.90 bits per heavy atom. The van der Waals surface area contributed by atoms with Crippen molar-refractivity contribution in [3.8, 4) is 0 Å². The smallest absolute Gasteiger partial charge is 0.0642 e. The van der Waals surface area contributed by atoms with Crippen molar-refractivity contribution < 1.29 is 0 Å². The van der Waals surface area contributed by atoms with Crippen molar-refractivity contribution in [2.24, 2.45) is 0 Å². The number of hydrogen-bond donors (Lipinski definition) is 1. The quantitative estimate of drug-likeness (QED) is 0.317. The number of hydrogen-bond acceptors (Lipinski definition) is 0. The Labute approximate surface area is 184 Å². The fourth-order valence-corrected chi connectivity index (χ4v) is 4.80. The van der Waals surface area contributed by atoms with E-state index >= 15 is 0 Å². The lowest BCUT2D eigenvalue weighted by Crippen LogP contribution is -2.32. The minimum atomic E-state index is -0.318. The second kappa shape index (κ2) is 7.92. The Morgan fingerprint density at radius 2 is 1.26 bits per heavy atom. The molecule has 4 aromatic carbocycles. The van der Waals surface area contributed by atoms with Gasteiger partial charge in [0.15, 0.2) is 0 Å². The molecule has 0 spiro atoms. The van der Waals surface area contributed by atoms with Crippen LogP contribution in [0.3, 0.4) is 0 Å². The molecular formula is C30H27N. The lowest BCUT2D eigenvalue weighted by Gasteiger charge is -2.35. The fraction of sp³-hybridized carbons (Fsp3) is 0.133. The van der Waals surface area contributed by atoms with Crippen LogP contribution in [0.25, 0.3) is 10.9 Å². The standard InChI is InChI=1S/C30H27N/c1-22-17-18-28-25(19-22)20-29(31-28)30(26-13-5-3-6-14-26,27-15-7-4-8-16-27)21-24-12-10-9-11-23(24)2/h3-20,31H,21H2,1-2H3. The van der Waals surface area contributed by atoms with Gasteiger partial charge < -0.3 is 4.98 Å². The van der Waals surface area contributed by atoms with Crippen LogP contribution in [0.5, 0.6) is 0 Å². The van der Waals surface area contributed by atoms with Gasteiger partial charge in [-0.25, -0.2) is 0 Å². The van der Waals surface area contributed by atoms with Crippen molar-refractivity contribution >= 4 is 10.9 Å². The van der Waals surface area contributed by atoms with E-state index in [1.165, 1.54) is 44.4 Å². The van der Waals surface area contributed by atoms with E-state index in [4.69, 9.17) is 0 Å². The van der Waals surface area contributed by atoms with Crippen LogP contribution in [0.4, 0.5) is 0 Å². The summed E-state index contributed by atoms with van der Waals surface area (Å²) in [6, 6.07) is 39.6. The van der Waals surface area contributed by atoms with Crippen molar-refractivity contribution in [1.82, 2.24) is 4.98 Å². The van der Waals surface area contributed by atoms with E-state index < -0.39 is 0 Å². The van der Waals surface area contributed by atoms with Crippen LogP contribution in [0, 0.1) is 13.8 Å². The summed E-state index contributed by atoms with van der Waals surface area (Å²) in [5, 5.41) is 1.26. The molecule has 0 amide bonds. The van der Waals surface area contributed by atoms with Crippen LogP contribution in [0.15, 0.2) is 109 Å². The molecule has 0 atom stereocenters. The van der Waals surface area contributed by atoms with Gasteiger partial charge in [0.1, 0.15) is 0 Å². The molecule has 0 aliphatic heterocycles. The van der Waals surface area contributed by atoms with Gasteiger partial charge in [-0.2, -0.15) is 0 Å². The largest absolute Gasteiger partial charge is 0.357 e. The molecule has 0 fully saturated rings. The monoisotopic (exact) mass is 401 g/mol. The molecule has 1 aromatic heterocycles. The number of aromatic nitrogens is 1. The molecule has 5 rings (SSSR count). The maximum Gasteiger partial charge on any atom is 0.0642 e. The Kier molecular flexibility index (Phi) is 4.95.